The zero-order valence-corrected chi connectivity index (χ0v) is 11.5. The van der Waals surface area contributed by atoms with Gasteiger partial charge in [0.15, 0.2) is 0 Å². The Labute approximate surface area is 110 Å². The molecule has 1 aromatic rings. The summed E-state index contributed by atoms with van der Waals surface area (Å²) in [7, 11) is 0. The van der Waals surface area contributed by atoms with Gasteiger partial charge in [0.1, 0.15) is 5.82 Å². The van der Waals surface area contributed by atoms with Gasteiger partial charge in [-0.15, -0.1) is 0 Å². The second-order valence-electron chi connectivity index (χ2n) is 5.63. The minimum absolute atomic E-state index is 0.149. The van der Waals surface area contributed by atoms with Gasteiger partial charge in [0, 0.05) is 6.04 Å². The SMILES string of the molecule is CCCCC(NCC1CC1C)c1ccc(F)cc1. The molecule has 0 saturated heterocycles. The summed E-state index contributed by atoms with van der Waals surface area (Å²) >= 11 is 0. The van der Waals surface area contributed by atoms with Gasteiger partial charge in [-0.25, -0.2) is 4.39 Å². The monoisotopic (exact) mass is 249 g/mol. The molecular weight excluding hydrogens is 225 g/mol. The van der Waals surface area contributed by atoms with E-state index in [2.05, 4.69) is 19.2 Å². The Morgan fingerprint density at radius 2 is 2.00 bits per heavy atom. The molecule has 1 aliphatic rings. The molecule has 1 aromatic carbocycles. The van der Waals surface area contributed by atoms with Crippen molar-refractivity contribution >= 4 is 0 Å². The summed E-state index contributed by atoms with van der Waals surface area (Å²) in [6, 6.07) is 7.35. The van der Waals surface area contributed by atoms with E-state index in [1.54, 1.807) is 12.1 Å². The van der Waals surface area contributed by atoms with Crippen LogP contribution in [0.1, 0.15) is 51.1 Å². The fraction of sp³-hybridized carbons (Fsp3) is 0.625. The quantitative estimate of drug-likeness (QED) is 0.759. The summed E-state index contributed by atoms with van der Waals surface area (Å²) in [5.41, 5.74) is 1.22. The molecule has 1 N–H and O–H groups in total. The van der Waals surface area contributed by atoms with Gasteiger partial charge in [0.2, 0.25) is 0 Å². The highest BCUT2D eigenvalue weighted by Crippen LogP contribution is 2.37. The predicted octanol–water partition coefficient (Wildman–Crippen LogP) is 4.30. The van der Waals surface area contributed by atoms with Gasteiger partial charge < -0.3 is 5.32 Å². The molecule has 0 spiro atoms. The molecule has 0 aromatic heterocycles. The number of hydrogen-bond donors (Lipinski definition) is 1. The van der Waals surface area contributed by atoms with Crippen LogP contribution in [-0.2, 0) is 0 Å². The molecule has 3 unspecified atom stereocenters. The number of unbranched alkanes of at least 4 members (excludes halogenated alkanes) is 1. The normalized spacial score (nSPS) is 23.9. The van der Waals surface area contributed by atoms with Crippen molar-refractivity contribution in [1.29, 1.82) is 0 Å². The number of rotatable bonds is 7. The van der Waals surface area contributed by atoms with Crippen LogP contribution in [0.3, 0.4) is 0 Å². The van der Waals surface area contributed by atoms with E-state index in [0.717, 1.165) is 24.8 Å². The van der Waals surface area contributed by atoms with Crippen molar-refractivity contribution in [2.75, 3.05) is 6.54 Å². The molecule has 0 aliphatic heterocycles. The fourth-order valence-electron chi connectivity index (χ4n) is 2.47. The minimum Gasteiger partial charge on any atom is -0.310 e. The molecule has 2 heteroatoms. The van der Waals surface area contributed by atoms with Crippen molar-refractivity contribution in [1.82, 2.24) is 5.32 Å². The summed E-state index contributed by atoms with van der Waals surface area (Å²) in [4.78, 5) is 0. The maximum atomic E-state index is 13.0. The first-order valence-electron chi connectivity index (χ1n) is 7.19. The van der Waals surface area contributed by atoms with Crippen LogP contribution >= 0.6 is 0 Å². The molecule has 1 saturated carbocycles. The maximum Gasteiger partial charge on any atom is 0.123 e. The Hall–Kier alpha value is -0.890. The summed E-state index contributed by atoms with van der Waals surface area (Å²) in [6.07, 6.45) is 4.93. The Kier molecular flexibility index (Phi) is 4.76. The number of hydrogen-bond acceptors (Lipinski definition) is 1. The zero-order valence-electron chi connectivity index (χ0n) is 11.5. The topological polar surface area (TPSA) is 12.0 Å². The Morgan fingerprint density at radius 1 is 1.33 bits per heavy atom. The summed E-state index contributed by atoms with van der Waals surface area (Å²) < 4.78 is 13.0. The van der Waals surface area contributed by atoms with Crippen LogP contribution in [0.5, 0.6) is 0 Å². The van der Waals surface area contributed by atoms with E-state index in [1.807, 2.05) is 12.1 Å². The van der Waals surface area contributed by atoms with Crippen molar-refractivity contribution in [3.8, 4) is 0 Å². The van der Waals surface area contributed by atoms with Crippen LogP contribution < -0.4 is 5.32 Å². The molecular formula is C16H24FN. The first-order chi connectivity index (χ1) is 8.70. The van der Waals surface area contributed by atoms with Crippen LogP contribution in [0, 0.1) is 17.7 Å². The van der Waals surface area contributed by atoms with E-state index in [1.165, 1.54) is 24.8 Å². The fourth-order valence-corrected chi connectivity index (χ4v) is 2.47. The molecule has 3 atom stereocenters. The molecule has 0 radical (unpaired) electrons. The van der Waals surface area contributed by atoms with Gasteiger partial charge in [-0.3, -0.25) is 0 Å². The molecule has 1 nitrogen and oxygen atoms in total. The van der Waals surface area contributed by atoms with Crippen LogP contribution in [0.2, 0.25) is 0 Å². The standard InChI is InChI=1S/C16H24FN/c1-3-4-5-16(18-11-14-10-12(14)2)13-6-8-15(17)9-7-13/h6-9,12,14,16,18H,3-5,10-11H2,1-2H3. The Balaban J connectivity index is 1.92. The lowest BCUT2D eigenvalue weighted by Gasteiger charge is -2.19. The first kappa shape index (κ1) is 13.5. The highest BCUT2D eigenvalue weighted by Gasteiger charge is 2.32. The van der Waals surface area contributed by atoms with Gasteiger partial charge in [-0.2, -0.15) is 0 Å². The van der Waals surface area contributed by atoms with Gasteiger partial charge in [0.25, 0.3) is 0 Å². The van der Waals surface area contributed by atoms with Crippen LogP contribution in [-0.4, -0.2) is 6.54 Å². The highest BCUT2D eigenvalue weighted by molar-refractivity contribution is 5.20. The largest absolute Gasteiger partial charge is 0.310 e. The van der Waals surface area contributed by atoms with Crippen LogP contribution in [0.15, 0.2) is 24.3 Å². The predicted molar refractivity (Wildman–Crippen MR) is 73.9 cm³/mol. The van der Waals surface area contributed by atoms with E-state index in [-0.39, 0.29) is 5.82 Å². The summed E-state index contributed by atoms with van der Waals surface area (Å²) in [5.74, 6) is 1.59. The third-order valence-electron chi connectivity index (χ3n) is 4.02. The molecule has 1 aliphatic carbocycles. The van der Waals surface area contributed by atoms with Crippen molar-refractivity contribution in [2.24, 2.45) is 11.8 Å². The minimum atomic E-state index is -0.149. The van der Waals surface area contributed by atoms with Gasteiger partial charge in [-0.1, -0.05) is 38.8 Å². The summed E-state index contributed by atoms with van der Waals surface area (Å²) in [5, 5.41) is 3.66. The van der Waals surface area contributed by atoms with Crippen molar-refractivity contribution in [3.05, 3.63) is 35.6 Å². The molecule has 0 amide bonds. The van der Waals surface area contributed by atoms with E-state index in [9.17, 15) is 4.39 Å². The third-order valence-corrected chi connectivity index (χ3v) is 4.02. The van der Waals surface area contributed by atoms with E-state index < -0.39 is 0 Å². The van der Waals surface area contributed by atoms with Crippen molar-refractivity contribution in [2.45, 2.75) is 45.6 Å². The molecule has 2 rings (SSSR count). The second-order valence-corrected chi connectivity index (χ2v) is 5.63. The third kappa shape index (κ3) is 3.81. The number of benzene rings is 1. The average molecular weight is 249 g/mol. The molecule has 18 heavy (non-hydrogen) atoms. The van der Waals surface area contributed by atoms with Gasteiger partial charge >= 0.3 is 0 Å². The van der Waals surface area contributed by atoms with Gasteiger partial charge in [-0.05, 0) is 48.9 Å². The van der Waals surface area contributed by atoms with Crippen molar-refractivity contribution in [3.63, 3.8) is 0 Å². The molecule has 1 fully saturated rings. The lowest BCUT2D eigenvalue weighted by Crippen LogP contribution is -2.24. The lowest BCUT2D eigenvalue weighted by atomic mass is 10.0. The van der Waals surface area contributed by atoms with Crippen LogP contribution in [0.25, 0.3) is 0 Å². The Bertz CT molecular complexity index is 360. The van der Waals surface area contributed by atoms with Crippen molar-refractivity contribution < 1.29 is 4.39 Å². The second kappa shape index (κ2) is 6.33. The maximum absolute atomic E-state index is 13.0. The van der Waals surface area contributed by atoms with E-state index >= 15 is 0 Å². The molecule has 0 bridgehead atoms. The number of halogens is 1. The zero-order chi connectivity index (χ0) is 13.0. The molecule has 100 valence electrons. The first-order valence-corrected chi connectivity index (χ1v) is 7.19. The summed E-state index contributed by atoms with van der Waals surface area (Å²) in [6.45, 7) is 5.63. The van der Waals surface area contributed by atoms with E-state index in [0.29, 0.717) is 6.04 Å². The molecule has 0 heterocycles. The van der Waals surface area contributed by atoms with Gasteiger partial charge in [0.05, 0.1) is 0 Å². The smallest absolute Gasteiger partial charge is 0.123 e. The lowest BCUT2D eigenvalue weighted by molar-refractivity contribution is 0.463. The number of nitrogens with one attached hydrogen (secondary N) is 1. The van der Waals surface area contributed by atoms with E-state index in [4.69, 9.17) is 0 Å². The van der Waals surface area contributed by atoms with Crippen LogP contribution in [0.4, 0.5) is 4.39 Å². The average Bonchev–Trinajstić information content (AvgIpc) is 3.07. The Morgan fingerprint density at radius 3 is 2.56 bits per heavy atom. The highest BCUT2D eigenvalue weighted by atomic mass is 19.1.